The third-order valence-corrected chi connectivity index (χ3v) is 6.94. The van der Waals surface area contributed by atoms with Crippen LogP contribution in [-0.2, 0) is 17.1 Å². The second kappa shape index (κ2) is 6.94. The summed E-state index contributed by atoms with van der Waals surface area (Å²) in [4.78, 5) is 4.97. The van der Waals surface area contributed by atoms with Gasteiger partial charge in [0.2, 0.25) is 0 Å². The first-order valence-corrected chi connectivity index (χ1v) is 11.0. The van der Waals surface area contributed by atoms with Crippen molar-refractivity contribution >= 4 is 27.3 Å². The lowest BCUT2D eigenvalue weighted by molar-refractivity contribution is 0.600. The van der Waals surface area contributed by atoms with Gasteiger partial charge in [-0.1, -0.05) is 23.7 Å². The van der Waals surface area contributed by atoms with Crippen molar-refractivity contribution in [2.45, 2.75) is 37.5 Å². The van der Waals surface area contributed by atoms with Gasteiger partial charge in [0.1, 0.15) is 5.82 Å². The Hall–Kier alpha value is -2.31. The molecule has 0 radical (unpaired) electrons. The molecule has 0 atom stereocenters. The molecule has 0 aliphatic heterocycles. The lowest BCUT2D eigenvalue weighted by Crippen LogP contribution is -2.14. The van der Waals surface area contributed by atoms with Gasteiger partial charge in [0.15, 0.2) is 0 Å². The average molecular weight is 416 g/mol. The fraction of sp³-hybridized carbons (Fsp3) is 0.286. The first-order valence-electron chi connectivity index (χ1n) is 9.18. The molecule has 4 rings (SSSR count). The number of hydrogen-bond donors (Lipinski definition) is 1. The van der Waals surface area contributed by atoms with Crippen LogP contribution in [0.2, 0.25) is 5.02 Å². The monoisotopic (exact) mass is 415 g/mol. The number of hydrogen-bond acceptors (Lipinski definition) is 3. The molecule has 3 aromatic rings. The average Bonchev–Trinajstić information content (AvgIpc) is 3.40. The number of rotatable bonds is 5. The van der Waals surface area contributed by atoms with Gasteiger partial charge >= 0.3 is 0 Å². The standard InChI is InChI=1S/C21H22ClN3O2S/c1-13-10-20(14(2)9-18(13)22)28(26,27)24-17-6-4-5-16(11-17)21-23-19(12-25(21)3)15-7-8-15/h4-6,9-12,15,24H,7-8H2,1-3H3. The number of nitrogens with one attached hydrogen (secondary N) is 1. The molecule has 1 N–H and O–H groups in total. The fourth-order valence-corrected chi connectivity index (χ4v) is 4.89. The highest BCUT2D eigenvalue weighted by Crippen LogP contribution is 2.40. The molecule has 1 fully saturated rings. The van der Waals surface area contributed by atoms with E-state index >= 15 is 0 Å². The Balaban J connectivity index is 1.66. The molecule has 1 aromatic heterocycles. The van der Waals surface area contributed by atoms with Crippen LogP contribution in [-0.4, -0.2) is 18.0 Å². The number of imidazole rings is 1. The third-order valence-electron chi connectivity index (χ3n) is 5.01. The Labute approximate surface area is 170 Å². The topological polar surface area (TPSA) is 64.0 Å². The SMILES string of the molecule is Cc1cc(S(=O)(=O)Nc2cccc(-c3nc(C4CC4)cn3C)c2)c(C)cc1Cl. The van der Waals surface area contributed by atoms with Gasteiger partial charge in [-0.3, -0.25) is 4.72 Å². The van der Waals surface area contributed by atoms with Gasteiger partial charge in [0.05, 0.1) is 10.6 Å². The summed E-state index contributed by atoms with van der Waals surface area (Å²) in [5.41, 5.74) is 3.81. The predicted molar refractivity (Wildman–Crippen MR) is 112 cm³/mol. The summed E-state index contributed by atoms with van der Waals surface area (Å²) >= 11 is 6.10. The summed E-state index contributed by atoms with van der Waals surface area (Å²) in [6.07, 6.45) is 4.44. The molecule has 0 spiro atoms. The second-order valence-electron chi connectivity index (χ2n) is 7.43. The lowest BCUT2D eigenvalue weighted by atomic mass is 10.2. The summed E-state index contributed by atoms with van der Waals surface area (Å²) in [6, 6.07) is 10.6. The Kier molecular flexibility index (Phi) is 4.71. The quantitative estimate of drug-likeness (QED) is 0.635. The third kappa shape index (κ3) is 3.66. The summed E-state index contributed by atoms with van der Waals surface area (Å²) < 4.78 is 30.5. The molecule has 7 heteroatoms. The van der Waals surface area contributed by atoms with Crippen molar-refractivity contribution in [3.05, 3.63) is 64.4 Å². The highest BCUT2D eigenvalue weighted by atomic mass is 35.5. The Morgan fingerprint density at radius 2 is 1.89 bits per heavy atom. The number of anilines is 1. The van der Waals surface area contributed by atoms with Crippen LogP contribution in [0.25, 0.3) is 11.4 Å². The van der Waals surface area contributed by atoms with Crippen molar-refractivity contribution in [3.8, 4) is 11.4 Å². The van der Waals surface area contributed by atoms with Crippen LogP contribution >= 0.6 is 11.6 Å². The van der Waals surface area contributed by atoms with Gasteiger partial charge in [-0.15, -0.1) is 0 Å². The number of aryl methyl sites for hydroxylation is 3. The van der Waals surface area contributed by atoms with Crippen molar-refractivity contribution in [3.63, 3.8) is 0 Å². The number of benzene rings is 2. The van der Waals surface area contributed by atoms with E-state index in [2.05, 4.69) is 10.9 Å². The maximum absolute atomic E-state index is 12.9. The molecular weight excluding hydrogens is 394 g/mol. The molecule has 0 saturated heterocycles. The molecule has 1 aliphatic carbocycles. The molecule has 0 bridgehead atoms. The lowest BCUT2D eigenvalue weighted by Gasteiger charge is -2.13. The minimum Gasteiger partial charge on any atom is -0.334 e. The van der Waals surface area contributed by atoms with E-state index in [-0.39, 0.29) is 4.90 Å². The van der Waals surface area contributed by atoms with Crippen molar-refractivity contribution in [2.24, 2.45) is 7.05 Å². The van der Waals surface area contributed by atoms with Crippen LogP contribution in [0.15, 0.2) is 47.5 Å². The van der Waals surface area contributed by atoms with E-state index in [0.29, 0.717) is 22.2 Å². The molecule has 0 amide bonds. The van der Waals surface area contributed by atoms with Crippen LogP contribution in [0.5, 0.6) is 0 Å². The highest BCUT2D eigenvalue weighted by Gasteiger charge is 2.27. The largest absolute Gasteiger partial charge is 0.334 e. The number of halogens is 1. The van der Waals surface area contributed by atoms with Gasteiger partial charge in [-0.05, 0) is 62.1 Å². The van der Waals surface area contributed by atoms with Crippen LogP contribution < -0.4 is 4.72 Å². The van der Waals surface area contributed by atoms with Crippen LogP contribution in [0, 0.1) is 13.8 Å². The predicted octanol–water partition coefficient (Wildman–Crippen LogP) is 5.04. The zero-order valence-electron chi connectivity index (χ0n) is 16.0. The van der Waals surface area contributed by atoms with Crippen LogP contribution in [0.1, 0.15) is 35.6 Å². The summed E-state index contributed by atoms with van der Waals surface area (Å²) in [5.74, 6) is 1.40. The molecule has 5 nitrogen and oxygen atoms in total. The van der Waals surface area contributed by atoms with E-state index in [0.717, 1.165) is 22.6 Å². The molecule has 146 valence electrons. The van der Waals surface area contributed by atoms with E-state index in [9.17, 15) is 8.42 Å². The molecule has 0 unspecified atom stereocenters. The molecule has 1 heterocycles. The van der Waals surface area contributed by atoms with Crippen molar-refractivity contribution in [2.75, 3.05) is 4.72 Å². The maximum Gasteiger partial charge on any atom is 0.262 e. The summed E-state index contributed by atoms with van der Waals surface area (Å²) in [5, 5.41) is 0.555. The highest BCUT2D eigenvalue weighted by molar-refractivity contribution is 7.92. The number of nitrogens with zero attached hydrogens (tertiary/aromatic N) is 2. The molecule has 28 heavy (non-hydrogen) atoms. The van der Waals surface area contributed by atoms with E-state index < -0.39 is 10.0 Å². The minimum atomic E-state index is -3.73. The Bertz CT molecular complexity index is 1160. The minimum absolute atomic E-state index is 0.229. The van der Waals surface area contributed by atoms with E-state index in [4.69, 9.17) is 16.6 Å². The maximum atomic E-state index is 12.9. The van der Waals surface area contributed by atoms with Crippen LogP contribution in [0.4, 0.5) is 5.69 Å². The Morgan fingerprint density at radius 1 is 1.14 bits per heavy atom. The zero-order valence-corrected chi connectivity index (χ0v) is 17.6. The second-order valence-corrected chi connectivity index (χ2v) is 9.49. The molecule has 1 aliphatic rings. The zero-order chi connectivity index (χ0) is 20.1. The van der Waals surface area contributed by atoms with Gasteiger partial charge in [-0.25, -0.2) is 13.4 Å². The van der Waals surface area contributed by atoms with Gasteiger partial charge < -0.3 is 4.57 Å². The number of sulfonamides is 1. The van der Waals surface area contributed by atoms with Gasteiger partial charge in [0, 0.05) is 35.4 Å². The summed E-state index contributed by atoms with van der Waals surface area (Å²) in [7, 11) is -1.76. The fourth-order valence-electron chi connectivity index (χ4n) is 3.31. The van der Waals surface area contributed by atoms with Gasteiger partial charge in [0.25, 0.3) is 10.0 Å². The van der Waals surface area contributed by atoms with Crippen molar-refractivity contribution < 1.29 is 8.42 Å². The number of aromatic nitrogens is 2. The first kappa shape index (κ1) is 19.0. The molecule has 1 saturated carbocycles. The van der Waals surface area contributed by atoms with Crippen LogP contribution in [0.3, 0.4) is 0 Å². The Morgan fingerprint density at radius 3 is 2.61 bits per heavy atom. The van der Waals surface area contributed by atoms with Crippen molar-refractivity contribution in [1.82, 2.24) is 9.55 Å². The first-order chi connectivity index (χ1) is 13.2. The van der Waals surface area contributed by atoms with E-state index in [1.54, 1.807) is 32.0 Å². The summed E-state index contributed by atoms with van der Waals surface area (Å²) in [6.45, 7) is 3.53. The van der Waals surface area contributed by atoms with E-state index in [1.807, 2.05) is 29.8 Å². The molecule has 2 aromatic carbocycles. The smallest absolute Gasteiger partial charge is 0.262 e. The van der Waals surface area contributed by atoms with Crippen molar-refractivity contribution in [1.29, 1.82) is 0 Å². The van der Waals surface area contributed by atoms with E-state index in [1.165, 1.54) is 12.8 Å². The normalized spacial score (nSPS) is 14.3. The van der Waals surface area contributed by atoms with Gasteiger partial charge in [-0.2, -0.15) is 0 Å². The molecular formula is C21H22ClN3O2S.